The number of esters is 1. The minimum atomic E-state index is -1.40. The fourth-order valence-electron chi connectivity index (χ4n) is 1.59. The van der Waals surface area contributed by atoms with Crippen LogP contribution in [0.4, 0.5) is 0 Å². The molecular formula is C15H20BNO5. The van der Waals surface area contributed by atoms with Gasteiger partial charge in [0.05, 0.1) is 35.5 Å². The molecular weight excluding hydrogens is 285 g/mol. The van der Waals surface area contributed by atoms with E-state index in [1.807, 2.05) is 6.07 Å². The Morgan fingerprint density at radius 3 is 2.32 bits per heavy atom. The van der Waals surface area contributed by atoms with Gasteiger partial charge in [-0.25, -0.2) is 4.79 Å². The second kappa shape index (κ2) is 6.49. The van der Waals surface area contributed by atoms with Crippen molar-refractivity contribution >= 4 is 18.6 Å². The van der Waals surface area contributed by atoms with Crippen LogP contribution in [0.1, 0.15) is 43.6 Å². The lowest BCUT2D eigenvalue weighted by atomic mass is 9.75. The number of nitrogens with zero attached hydrogens (tertiary/aromatic N) is 1. The highest BCUT2D eigenvalue weighted by Gasteiger charge is 2.39. The third-order valence-electron chi connectivity index (χ3n) is 3.67. The summed E-state index contributed by atoms with van der Waals surface area (Å²) in [5.41, 5.74) is -1.69. The van der Waals surface area contributed by atoms with Gasteiger partial charge in [-0.15, -0.1) is 0 Å². The van der Waals surface area contributed by atoms with E-state index < -0.39 is 24.3 Å². The number of methoxy groups -OCH3 is 1. The van der Waals surface area contributed by atoms with E-state index >= 15 is 0 Å². The van der Waals surface area contributed by atoms with Gasteiger partial charge in [-0.3, -0.25) is 0 Å². The summed E-state index contributed by atoms with van der Waals surface area (Å²) in [6.07, 6.45) is 0. The Kier molecular flexibility index (Phi) is 5.36. The van der Waals surface area contributed by atoms with Gasteiger partial charge in [-0.2, -0.15) is 5.26 Å². The van der Waals surface area contributed by atoms with Crippen molar-refractivity contribution in [3.8, 4) is 6.07 Å². The normalized spacial score (nSPS) is 11.7. The lowest BCUT2D eigenvalue weighted by Gasteiger charge is -2.38. The molecule has 1 aromatic carbocycles. The van der Waals surface area contributed by atoms with Gasteiger partial charge in [-0.1, -0.05) is 0 Å². The number of nitriles is 1. The zero-order valence-corrected chi connectivity index (χ0v) is 13.4. The second-order valence-electron chi connectivity index (χ2n) is 5.99. The molecule has 0 bridgehead atoms. The van der Waals surface area contributed by atoms with Crippen LogP contribution in [0.2, 0.25) is 0 Å². The zero-order chi connectivity index (χ0) is 17.1. The first-order valence-electron chi connectivity index (χ1n) is 6.73. The van der Waals surface area contributed by atoms with Crippen molar-refractivity contribution in [2.24, 2.45) is 0 Å². The van der Waals surface area contributed by atoms with Crippen molar-refractivity contribution in [3.05, 3.63) is 29.3 Å². The Morgan fingerprint density at radius 1 is 1.27 bits per heavy atom. The van der Waals surface area contributed by atoms with Crippen molar-refractivity contribution in [3.63, 3.8) is 0 Å². The third-order valence-corrected chi connectivity index (χ3v) is 3.67. The van der Waals surface area contributed by atoms with E-state index in [1.54, 1.807) is 27.7 Å². The van der Waals surface area contributed by atoms with E-state index in [0.29, 0.717) is 0 Å². The molecule has 0 radical (unpaired) electrons. The maximum Gasteiger partial charge on any atom is 0.491 e. The molecule has 0 aliphatic rings. The Balaban J connectivity index is 3.16. The van der Waals surface area contributed by atoms with Crippen LogP contribution in [0.15, 0.2) is 18.2 Å². The second-order valence-corrected chi connectivity index (χ2v) is 5.99. The number of rotatable bonds is 5. The van der Waals surface area contributed by atoms with Crippen LogP contribution < -0.4 is 5.46 Å². The van der Waals surface area contributed by atoms with Crippen LogP contribution in [0.3, 0.4) is 0 Å². The van der Waals surface area contributed by atoms with Gasteiger partial charge < -0.3 is 19.5 Å². The summed E-state index contributed by atoms with van der Waals surface area (Å²) in [6, 6.07) is 6.08. The monoisotopic (exact) mass is 305 g/mol. The highest BCUT2D eigenvalue weighted by molar-refractivity contribution is 6.60. The molecule has 0 unspecified atom stereocenters. The molecule has 0 saturated carbocycles. The van der Waals surface area contributed by atoms with E-state index in [4.69, 9.17) is 9.92 Å². The molecule has 22 heavy (non-hydrogen) atoms. The molecule has 0 fully saturated rings. The summed E-state index contributed by atoms with van der Waals surface area (Å²) in [5, 5.41) is 29.3. The molecule has 0 amide bonds. The fourth-order valence-corrected chi connectivity index (χ4v) is 1.59. The van der Waals surface area contributed by atoms with Gasteiger partial charge >= 0.3 is 13.1 Å². The summed E-state index contributed by atoms with van der Waals surface area (Å²) < 4.78 is 10.1. The van der Waals surface area contributed by atoms with Gasteiger partial charge in [0.25, 0.3) is 0 Å². The quantitative estimate of drug-likeness (QED) is 0.610. The van der Waals surface area contributed by atoms with Crippen LogP contribution in [-0.4, -0.2) is 41.5 Å². The molecule has 0 atom stereocenters. The third kappa shape index (κ3) is 4.07. The van der Waals surface area contributed by atoms with Crippen LogP contribution in [-0.2, 0) is 9.39 Å². The molecule has 0 aliphatic heterocycles. The first-order valence-corrected chi connectivity index (χ1v) is 6.73. The van der Waals surface area contributed by atoms with Crippen molar-refractivity contribution in [1.82, 2.24) is 0 Å². The largest absolute Gasteiger partial charge is 0.491 e. The molecule has 0 heterocycles. The summed E-state index contributed by atoms with van der Waals surface area (Å²) >= 11 is 0. The minimum Gasteiger partial charge on any atom is -0.465 e. The van der Waals surface area contributed by atoms with Gasteiger partial charge in [0, 0.05) is 0 Å². The van der Waals surface area contributed by atoms with Crippen molar-refractivity contribution < 1.29 is 24.3 Å². The number of hydrogen-bond acceptors (Lipinski definition) is 6. The van der Waals surface area contributed by atoms with Crippen LogP contribution in [0, 0.1) is 11.3 Å². The number of carbonyl (C=O) groups is 1. The number of aliphatic hydroxyl groups is 1. The van der Waals surface area contributed by atoms with Gasteiger partial charge in [0.1, 0.15) is 0 Å². The number of hydrogen-bond donors (Lipinski definition) is 2. The summed E-state index contributed by atoms with van der Waals surface area (Å²) in [4.78, 5) is 11.6. The predicted octanol–water partition coefficient (Wildman–Crippen LogP) is 0.598. The highest BCUT2D eigenvalue weighted by Crippen LogP contribution is 2.25. The van der Waals surface area contributed by atoms with Crippen molar-refractivity contribution in [2.75, 3.05) is 7.11 Å². The molecule has 0 spiro atoms. The average molecular weight is 305 g/mol. The first kappa shape index (κ1) is 18.2. The molecule has 0 saturated heterocycles. The number of ether oxygens (including phenoxy) is 1. The summed E-state index contributed by atoms with van der Waals surface area (Å²) in [5.74, 6) is -0.618. The van der Waals surface area contributed by atoms with Crippen molar-refractivity contribution in [2.45, 2.75) is 38.9 Å². The Bertz CT molecular complexity index is 601. The first-order chi connectivity index (χ1) is 10.0. The molecule has 2 N–H and O–H groups in total. The van der Waals surface area contributed by atoms with E-state index in [1.165, 1.54) is 25.3 Å². The number of benzene rings is 1. The van der Waals surface area contributed by atoms with E-state index in [-0.39, 0.29) is 16.6 Å². The molecule has 118 valence electrons. The lowest BCUT2D eigenvalue weighted by molar-refractivity contribution is -0.0982. The molecule has 1 aromatic rings. The minimum absolute atomic E-state index is 0.139. The van der Waals surface area contributed by atoms with Crippen LogP contribution in [0.5, 0.6) is 0 Å². The van der Waals surface area contributed by atoms with E-state index in [9.17, 15) is 14.9 Å². The topological polar surface area (TPSA) is 99.8 Å². The van der Waals surface area contributed by atoms with E-state index in [2.05, 4.69) is 4.74 Å². The maximum atomic E-state index is 11.6. The summed E-state index contributed by atoms with van der Waals surface area (Å²) in [7, 11) is -0.177. The fraction of sp³-hybridized carbons (Fsp3) is 0.467. The predicted molar refractivity (Wildman–Crippen MR) is 81.6 cm³/mol. The molecule has 0 aromatic heterocycles. The molecule has 6 nitrogen and oxygen atoms in total. The average Bonchev–Trinajstić information content (AvgIpc) is 2.44. The van der Waals surface area contributed by atoms with Gasteiger partial charge in [0.15, 0.2) is 0 Å². The zero-order valence-electron chi connectivity index (χ0n) is 13.4. The lowest BCUT2D eigenvalue weighted by Crippen LogP contribution is -2.53. The smallest absolute Gasteiger partial charge is 0.465 e. The van der Waals surface area contributed by atoms with Gasteiger partial charge in [-0.05, 0) is 51.4 Å². The standard InChI is InChI=1S/C15H20BNO5/c1-14(2,19)15(3,4)22-16(20)12-7-10(9-17)6-11(8-12)13(18)21-5/h6-8,19-20H,1-5H3. The summed E-state index contributed by atoms with van der Waals surface area (Å²) in [6.45, 7) is 6.38. The maximum absolute atomic E-state index is 11.6. The van der Waals surface area contributed by atoms with Crippen LogP contribution in [0.25, 0.3) is 0 Å². The van der Waals surface area contributed by atoms with E-state index in [0.717, 1.165) is 0 Å². The molecule has 0 aliphatic carbocycles. The van der Waals surface area contributed by atoms with Gasteiger partial charge in [0.2, 0.25) is 0 Å². The molecule has 1 rings (SSSR count). The Morgan fingerprint density at radius 2 is 1.86 bits per heavy atom. The molecule has 7 heteroatoms. The van der Waals surface area contributed by atoms with Crippen LogP contribution >= 0.6 is 0 Å². The Labute approximate surface area is 130 Å². The highest BCUT2D eigenvalue weighted by atomic mass is 16.5. The Hall–Kier alpha value is -1.88. The number of carbonyl (C=O) groups excluding carboxylic acids is 1. The SMILES string of the molecule is COC(=O)c1cc(C#N)cc(B(O)OC(C)(C)C(C)(C)O)c1. The van der Waals surface area contributed by atoms with Crippen molar-refractivity contribution in [1.29, 1.82) is 5.26 Å².